The summed E-state index contributed by atoms with van der Waals surface area (Å²) in [6, 6.07) is 1.000. The number of nitrogens with one attached hydrogen (secondary N) is 2. The highest BCUT2D eigenvalue weighted by Crippen LogP contribution is 2.20. The van der Waals surface area contributed by atoms with Crippen LogP contribution in [0.2, 0.25) is 0 Å². The van der Waals surface area contributed by atoms with Crippen molar-refractivity contribution in [2.24, 2.45) is 15.9 Å². The Bertz CT molecular complexity index is 416. The highest BCUT2D eigenvalue weighted by atomic mass is 15.1. The molecule has 0 aromatic rings. The van der Waals surface area contributed by atoms with E-state index in [1.54, 1.807) is 0 Å². The van der Waals surface area contributed by atoms with Gasteiger partial charge in [0.15, 0.2) is 0 Å². The molecule has 0 fully saturated rings. The third kappa shape index (κ3) is 6.82. The van der Waals surface area contributed by atoms with Gasteiger partial charge in [-0.15, -0.1) is 0 Å². The third-order valence-corrected chi connectivity index (χ3v) is 5.13. The Morgan fingerprint density at radius 3 is 2.08 bits per heavy atom. The molecule has 2 N–H and O–H groups in total. The first-order chi connectivity index (χ1) is 11.7. The van der Waals surface area contributed by atoms with Crippen molar-refractivity contribution in [3.8, 4) is 0 Å². The Morgan fingerprint density at radius 2 is 1.50 bits per heavy atom. The van der Waals surface area contributed by atoms with Crippen LogP contribution in [0.4, 0.5) is 0 Å². The second kappa shape index (κ2) is 10.7. The molecule has 0 spiro atoms. The van der Waals surface area contributed by atoms with Gasteiger partial charge in [0.25, 0.3) is 0 Å². The van der Waals surface area contributed by atoms with Crippen LogP contribution in [0.25, 0.3) is 0 Å². The molecule has 3 atom stereocenters. The zero-order valence-corrected chi connectivity index (χ0v) is 16.1. The van der Waals surface area contributed by atoms with Gasteiger partial charge in [-0.05, 0) is 20.3 Å². The molecular weight excluding hydrogens is 296 g/mol. The lowest BCUT2D eigenvalue weighted by molar-refractivity contribution is 0.526. The number of hydrogen-bond acceptors (Lipinski definition) is 4. The van der Waals surface area contributed by atoms with Gasteiger partial charge in [-0.3, -0.25) is 9.98 Å². The molecule has 138 valence electrons. The molecule has 2 heterocycles. The average molecular weight is 335 g/mol. The molecule has 0 aliphatic carbocycles. The number of nitrogens with zero attached hydrogens (tertiary/aromatic N) is 2. The van der Waals surface area contributed by atoms with Crippen molar-refractivity contribution in [2.75, 3.05) is 13.1 Å². The molecule has 0 aromatic heterocycles. The van der Waals surface area contributed by atoms with E-state index < -0.39 is 0 Å². The lowest BCUT2D eigenvalue weighted by Crippen LogP contribution is -2.36. The standard InChI is InChI=1S/C20H38N4/c1-4-5-6-7-8-9-10-11-12-18(20-22-15-17(3)24-20)13-19-21-14-16(2)23-19/h16-18H,4-15H2,1-3H3,(H,21,23)(H,22,24). The number of amidine groups is 2. The van der Waals surface area contributed by atoms with Gasteiger partial charge < -0.3 is 10.6 Å². The fraction of sp³-hybridized carbons (Fsp3) is 0.900. The van der Waals surface area contributed by atoms with Gasteiger partial charge in [-0.25, -0.2) is 0 Å². The topological polar surface area (TPSA) is 48.8 Å². The van der Waals surface area contributed by atoms with Crippen LogP contribution < -0.4 is 10.6 Å². The first kappa shape index (κ1) is 19.3. The van der Waals surface area contributed by atoms with Crippen molar-refractivity contribution in [2.45, 2.75) is 97.1 Å². The van der Waals surface area contributed by atoms with Crippen molar-refractivity contribution >= 4 is 11.7 Å². The molecular formula is C20H38N4. The van der Waals surface area contributed by atoms with E-state index >= 15 is 0 Å². The summed E-state index contributed by atoms with van der Waals surface area (Å²) in [5, 5.41) is 7.10. The molecule has 0 radical (unpaired) electrons. The minimum atomic E-state index is 0.499. The molecule has 4 nitrogen and oxygen atoms in total. The molecule has 4 heteroatoms. The van der Waals surface area contributed by atoms with E-state index in [-0.39, 0.29) is 0 Å². The highest BCUT2D eigenvalue weighted by Gasteiger charge is 2.25. The minimum Gasteiger partial charge on any atom is -0.370 e. The summed E-state index contributed by atoms with van der Waals surface area (Å²) < 4.78 is 0. The van der Waals surface area contributed by atoms with E-state index in [4.69, 9.17) is 4.99 Å². The Labute approximate surface area is 149 Å². The van der Waals surface area contributed by atoms with Crippen molar-refractivity contribution in [1.82, 2.24) is 10.6 Å². The summed E-state index contributed by atoms with van der Waals surface area (Å²) in [7, 11) is 0. The van der Waals surface area contributed by atoms with Crippen LogP contribution in [0.3, 0.4) is 0 Å². The van der Waals surface area contributed by atoms with E-state index in [0.717, 1.165) is 19.5 Å². The molecule has 0 saturated carbocycles. The SMILES string of the molecule is CCCCCCCCCCC(CC1=NCC(C)N1)C1=NCC(C)N1. The maximum absolute atomic E-state index is 4.75. The lowest BCUT2D eigenvalue weighted by atomic mass is 9.95. The van der Waals surface area contributed by atoms with Crippen LogP contribution in [0.15, 0.2) is 9.98 Å². The predicted octanol–water partition coefficient (Wildman–Crippen LogP) is 4.30. The molecule has 3 unspecified atom stereocenters. The van der Waals surface area contributed by atoms with Gasteiger partial charge in [-0.1, -0.05) is 58.3 Å². The first-order valence-electron chi connectivity index (χ1n) is 10.3. The number of aliphatic imine (C=N–C) groups is 2. The van der Waals surface area contributed by atoms with E-state index in [1.165, 1.54) is 69.5 Å². The van der Waals surface area contributed by atoms with Crippen LogP contribution in [0.1, 0.15) is 85.0 Å². The van der Waals surface area contributed by atoms with Crippen LogP contribution in [0.5, 0.6) is 0 Å². The quantitative estimate of drug-likeness (QED) is 0.523. The molecule has 0 aromatic carbocycles. The summed E-state index contributed by atoms with van der Waals surface area (Å²) in [4.78, 5) is 9.41. The maximum Gasteiger partial charge on any atom is 0.100 e. The van der Waals surface area contributed by atoms with Crippen molar-refractivity contribution in [3.63, 3.8) is 0 Å². The summed E-state index contributed by atoms with van der Waals surface area (Å²) >= 11 is 0. The number of hydrogen-bond donors (Lipinski definition) is 2. The van der Waals surface area contributed by atoms with Crippen molar-refractivity contribution < 1.29 is 0 Å². The zero-order valence-electron chi connectivity index (χ0n) is 16.1. The van der Waals surface area contributed by atoms with E-state index in [0.29, 0.717) is 18.0 Å². The van der Waals surface area contributed by atoms with Crippen LogP contribution >= 0.6 is 0 Å². The third-order valence-electron chi connectivity index (χ3n) is 5.13. The van der Waals surface area contributed by atoms with Crippen LogP contribution in [0, 0.1) is 5.92 Å². The molecule has 0 saturated heterocycles. The monoisotopic (exact) mass is 334 g/mol. The minimum absolute atomic E-state index is 0.499. The smallest absolute Gasteiger partial charge is 0.100 e. The first-order valence-corrected chi connectivity index (χ1v) is 10.3. The van der Waals surface area contributed by atoms with Gasteiger partial charge in [-0.2, -0.15) is 0 Å². The van der Waals surface area contributed by atoms with E-state index in [2.05, 4.69) is 36.4 Å². The molecule has 0 amide bonds. The second-order valence-electron chi connectivity index (χ2n) is 7.77. The molecule has 2 aliphatic rings. The average Bonchev–Trinajstić information content (AvgIpc) is 3.17. The van der Waals surface area contributed by atoms with Gasteiger partial charge in [0.2, 0.25) is 0 Å². The largest absolute Gasteiger partial charge is 0.370 e. The summed E-state index contributed by atoms with van der Waals surface area (Å²) in [6.07, 6.45) is 13.3. The summed E-state index contributed by atoms with van der Waals surface area (Å²) in [6.45, 7) is 8.56. The maximum atomic E-state index is 4.75. The van der Waals surface area contributed by atoms with Gasteiger partial charge in [0.1, 0.15) is 5.84 Å². The predicted molar refractivity (Wildman–Crippen MR) is 105 cm³/mol. The van der Waals surface area contributed by atoms with Gasteiger partial charge in [0.05, 0.1) is 18.9 Å². The van der Waals surface area contributed by atoms with Crippen LogP contribution in [-0.2, 0) is 0 Å². The Kier molecular flexibility index (Phi) is 8.62. The number of unbranched alkanes of at least 4 members (excludes halogenated alkanes) is 7. The summed E-state index contributed by atoms with van der Waals surface area (Å²) in [5.74, 6) is 2.94. The molecule has 2 rings (SSSR count). The zero-order chi connectivity index (χ0) is 17.2. The fourth-order valence-corrected chi connectivity index (χ4v) is 3.67. The van der Waals surface area contributed by atoms with Gasteiger partial charge in [0, 0.05) is 24.4 Å². The molecule has 0 bridgehead atoms. The van der Waals surface area contributed by atoms with Crippen LogP contribution in [-0.4, -0.2) is 36.8 Å². The van der Waals surface area contributed by atoms with Gasteiger partial charge >= 0.3 is 0 Å². The van der Waals surface area contributed by atoms with E-state index in [9.17, 15) is 0 Å². The highest BCUT2D eigenvalue weighted by molar-refractivity contribution is 5.93. The van der Waals surface area contributed by atoms with E-state index in [1.807, 2.05) is 0 Å². The summed E-state index contributed by atoms with van der Waals surface area (Å²) in [5.41, 5.74) is 0. The van der Waals surface area contributed by atoms with Crippen molar-refractivity contribution in [1.29, 1.82) is 0 Å². The Morgan fingerprint density at radius 1 is 0.875 bits per heavy atom. The lowest BCUT2D eigenvalue weighted by Gasteiger charge is -2.19. The van der Waals surface area contributed by atoms with Crippen molar-refractivity contribution in [3.05, 3.63) is 0 Å². The Hall–Kier alpha value is -1.06. The Balaban J connectivity index is 1.69. The fourth-order valence-electron chi connectivity index (χ4n) is 3.67. The molecule has 2 aliphatic heterocycles. The normalized spacial score (nSPS) is 24.3. The second-order valence-corrected chi connectivity index (χ2v) is 7.77. The molecule has 24 heavy (non-hydrogen) atoms. The number of rotatable bonds is 12.